The third kappa shape index (κ3) is 3.08. The predicted octanol–water partition coefficient (Wildman–Crippen LogP) is 2.33. The number of fused-ring (bicyclic) bond motifs is 1. The Morgan fingerprint density at radius 1 is 1.25 bits per heavy atom. The second kappa shape index (κ2) is 6.04. The maximum atomic E-state index is 13.1. The molecule has 0 unspecified atom stereocenters. The number of halogens is 3. The summed E-state index contributed by atoms with van der Waals surface area (Å²) >= 11 is 0. The van der Waals surface area contributed by atoms with Gasteiger partial charge in [0.25, 0.3) is 0 Å². The smallest absolute Gasteiger partial charge is 0.394 e. The van der Waals surface area contributed by atoms with Crippen LogP contribution in [0.2, 0.25) is 0 Å². The van der Waals surface area contributed by atoms with Gasteiger partial charge in [-0.2, -0.15) is 18.3 Å². The lowest BCUT2D eigenvalue weighted by Gasteiger charge is -2.20. The summed E-state index contributed by atoms with van der Waals surface area (Å²) in [4.78, 5) is 9.13. The van der Waals surface area contributed by atoms with Crippen molar-refractivity contribution in [2.24, 2.45) is 0 Å². The summed E-state index contributed by atoms with van der Waals surface area (Å²) < 4.78 is 40.9. The minimum Gasteiger partial charge on any atom is -0.394 e. The summed E-state index contributed by atoms with van der Waals surface area (Å²) in [5, 5.41) is 13.2. The van der Waals surface area contributed by atoms with Crippen LogP contribution >= 0.6 is 0 Å². The molecule has 0 aromatic carbocycles. The summed E-state index contributed by atoms with van der Waals surface area (Å²) in [5.74, 6) is -0.993. The number of hydrogen-bond acceptors (Lipinski definition) is 5. The van der Waals surface area contributed by atoms with E-state index >= 15 is 0 Å². The maximum Gasteiger partial charge on any atom is 0.451 e. The molecular weight excluding hydrogens is 323 g/mol. The van der Waals surface area contributed by atoms with Gasteiger partial charge in [0.2, 0.25) is 5.82 Å². The number of aliphatic hydroxyl groups excluding tert-OH is 1. The van der Waals surface area contributed by atoms with Crippen LogP contribution < -0.4 is 4.90 Å². The lowest BCUT2D eigenvalue weighted by molar-refractivity contribution is -0.145. The number of rotatable bonds is 4. The Balaban J connectivity index is 1.94. The van der Waals surface area contributed by atoms with Gasteiger partial charge >= 0.3 is 6.18 Å². The van der Waals surface area contributed by atoms with Crippen molar-refractivity contribution < 1.29 is 18.3 Å². The van der Waals surface area contributed by atoms with E-state index in [0.29, 0.717) is 25.3 Å². The van der Waals surface area contributed by atoms with Crippen molar-refractivity contribution in [3.8, 4) is 0 Å². The molecule has 9 heteroatoms. The molecule has 0 saturated carbocycles. The molecule has 0 spiro atoms. The molecule has 130 valence electrons. The van der Waals surface area contributed by atoms with Crippen molar-refractivity contribution in [1.29, 1.82) is 0 Å². The topological polar surface area (TPSA) is 67.1 Å². The molecule has 1 aliphatic heterocycles. The number of aromatic nitrogens is 4. The number of alkyl halides is 3. The minimum absolute atomic E-state index is 0.0443. The predicted molar refractivity (Wildman–Crippen MR) is 80.3 cm³/mol. The molecule has 3 rings (SSSR count). The molecule has 0 atom stereocenters. The van der Waals surface area contributed by atoms with Gasteiger partial charge in [-0.25, -0.2) is 9.97 Å². The van der Waals surface area contributed by atoms with Crippen LogP contribution in [0, 0.1) is 0 Å². The molecule has 24 heavy (non-hydrogen) atoms. The van der Waals surface area contributed by atoms with Gasteiger partial charge in [-0.05, 0) is 5.92 Å². The first kappa shape index (κ1) is 16.7. The third-order valence-corrected chi connectivity index (χ3v) is 3.95. The largest absolute Gasteiger partial charge is 0.451 e. The molecule has 1 N–H and O–H groups in total. The fourth-order valence-corrected chi connectivity index (χ4v) is 2.69. The van der Waals surface area contributed by atoms with Gasteiger partial charge < -0.3 is 10.0 Å². The minimum atomic E-state index is -4.58. The van der Waals surface area contributed by atoms with Gasteiger partial charge in [-0.15, -0.1) is 0 Å². The quantitative estimate of drug-likeness (QED) is 0.924. The average molecular weight is 341 g/mol. The molecule has 0 amide bonds. The molecule has 0 saturated heterocycles. The van der Waals surface area contributed by atoms with Crippen LogP contribution in [0.4, 0.5) is 19.0 Å². The van der Waals surface area contributed by atoms with Crippen molar-refractivity contribution in [2.45, 2.75) is 45.6 Å². The Hall–Kier alpha value is -2.16. The van der Waals surface area contributed by atoms with E-state index in [-0.39, 0.29) is 18.3 Å². The standard InChI is InChI=1S/C15H18F3N5O/c1-9(2)11-5-13(21-14(20-11)15(16,17)18)22-7-10-6-19-23(3-4-24)12(10)8-22/h5-6,9,24H,3-4,7-8H2,1-2H3. The van der Waals surface area contributed by atoms with Crippen LogP contribution in [-0.2, 0) is 25.8 Å². The van der Waals surface area contributed by atoms with Crippen molar-refractivity contribution >= 4 is 5.82 Å². The molecule has 2 aromatic heterocycles. The first-order valence-corrected chi connectivity index (χ1v) is 7.65. The number of hydrogen-bond donors (Lipinski definition) is 1. The second-order valence-corrected chi connectivity index (χ2v) is 6.05. The summed E-state index contributed by atoms with van der Waals surface area (Å²) in [7, 11) is 0. The van der Waals surface area contributed by atoms with E-state index in [4.69, 9.17) is 5.11 Å². The summed E-state index contributed by atoms with van der Waals surface area (Å²) in [6.45, 7) is 4.75. The first-order valence-electron chi connectivity index (χ1n) is 7.65. The van der Waals surface area contributed by atoms with Crippen molar-refractivity contribution in [1.82, 2.24) is 19.7 Å². The summed E-state index contributed by atoms with van der Waals surface area (Å²) in [6, 6.07) is 1.61. The second-order valence-electron chi connectivity index (χ2n) is 6.05. The SMILES string of the molecule is CC(C)c1cc(N2Cc3cnn(CCO)c3C2)nc(C(F)(F)F)n1. The molecular formula is C15H18F3N5O. The molecule has 3 heterocycles. The molecule has 0 bridgehead atoms. The Morgan fingerprint density at radius 2 is 2.00 bits per heavy atom. The number of nitrogens with zero attached hydrogens (tertiary/aromatic N) is 5. The fraction of sp³-hybridized carbons (Fsp3) is 0.533. The van der Waals surface area contributed by atoms with E-state index in [1.54, 1.807) is 35.7 Å². The molecule has 0 radical (unpaired) electrons. The van der Waals surface area contributed by atoms with Gasteiger partial charge in [0.15, 0.2) is 0 Å². The fourth-order valence-electron chi connectivity index (χ4n) is 2.69. The molecule has 6 nitrogen and oxygen atoms in total. The van der Waals surface area contributed by atoms with Gasteiger partial charge in [-0.3, -0.25) is 4.68 Å². The highest BCUT2D eigenvalue weighted by Crippen LogP contribution is 2.32. The van der Waals surface area contributed by atoms with Crippen LogP contribution in [0.25, 0.3) is 0 Å². The van der Waals surface area contributed by atoms with E-state index in [9.17, 15) is 13.2 Å². The lowest BCUT2D eigenvalue weighted by Crippen LogP contribution is -2.22. The van der Waals surface area contributed by atoms with Gasteiger partial charge in [-0.1, -0.05) is 13.8 Å². The molecule has 0 aliphatic carbocycles. The van der Waals surface area contributed by atoms with Crippen molar-refractivity contribution in [3.63, 3.8) is 0 Å². The van der Waals surface area contributed by atoms with Crippen LogP contribution in [0.15, 0.2) is 12.3 Å². The van der Waals surface area contributed by atoms with Crippen molar-refractivity contribution in [2.75, 3.05) is 11.5 Å². The number of anilines is 1. The number of aliphatic hydroxyl groups is 1. The van der Waals surface area contributed by atoms with Crippen LogP contribution in [0.3, 0.4) is 0 Å². The molecule has 0 fully saturated rings. The van der Waals surface area contributed by atoms with E-state index in [1.165, 1.54) is 0 Å². The Labute approximate surface area is 136 Å². The van der Waals surface area contributed by atoms with E-state index in [2.05, 4.69) is 15.1 Å². The highest BCUT2D eigenvalue weighted by Gasteiger charge is 2.36. The first-order chi connectivity index (χ1) is 11.3. The zero-order valence-electron chi connectivity index (χ0n) is 13.4. The lowest BCUT2D eigenvalue weighted by atomic mass is 10.1. The maximum absolute atomic E-state index is 13.1. The van der Waals surface area contributed by atoms with Crippen LogP contribution in [0.1, 0.15) is 42.5 Å². The van der Waals surface area contributed by atoms with E-state index < -0.39 is 12.0 Å². The van der Waals surface area contributed by atoms with E-state index in [0.717, 1.165) is 11.3 Å². The summed E-state index contributed by atoms with van der Waals surface area (Å²) in [6.07, 6.45) is -2.90. The monoisotopic (exact) mass is 341 g/mol. The Morgan fingerprint density at radius 3 is 2.62 bits per heavy atom. The molecule has 1 aliphatic rings. The van der Waals surface area contributed by atoms with E-state index in [1.807, 2.05) is 0 Å². The van der Waals surface area contributed by atoms with Gasteiger partial charge in [0, 0.05) is 23.9 Å². The highest BCUT2D eigenvalue weighted by molar-refractivity contribution is 5.46. The zero-order valence-corrected chi connectivity index (χ0v) is 13.4. The van der Waals surface area contributed by atoms with Crippen LogP contribution in [0.5, 0.6) is 0 Å². The Bertz CT molecular complexity index is 741. The Kier molecular flexibility index (Phi) is 4.20. The van der Waals surface area contributed by atoms with Crippen molar-refractivity contribution in [3.05, 3.63) is 35.0 Å². The zero-order chi connectivity index (χ0) is 17.5. The summed E-state index contributed by atoms with van der Waals surface area (Å²) in [5.41, 5.74) is 2.18. The highest BCUT2D eigenvalue weighted by atomic mass is 19.4. The molecule has 2 aromatic rings. The average Bonchev–Trinajstić information content (AvgIpc) is 3.08. The normalized spacial score (nSPS) is 14.5. The van der Waals surface area contributed by atoms with Gasteiger partial charge in [0.05, 0.1) is 31.6 Å². The third-order valence-electron chi connectivity index (χ3n) is 3.95. The van der Waals surface area contributed by atoms with Crippen LogP contribution in [-0.4, -0.2) is 31.5 Å². The van der Waals surface area contributed by atoms with Gasteiger partial charge in [0.1, 0.15) is 5.82 Å².